The van der Waals surface area contributed by atoms with E-state index < -0.39 is 4.92 Å². The molecule has 0 atom stereocenters. The van der Waals surface area contributed by atoms with Gasteiger partial charge in [-0.1, -0.05) is 11.6 Å². The van der Waals surface area contributed by atoms with E-state index in [9.17, 15) is 10.1 Å². The molecule has 1 aliphatic rings. The molecule has 1 fully saturated rings. The third-order valence-electron chi connectivity index (χ3n) is 2.88. The molecule has 0 amide bonds. The molecule has 2 aromatic heterocycles. The van der Waals surface area contributed by atoms with E-state index in [1.54, 1.807) is 12.5 Å². The van der Waals surface area contributed by atoms with Crippen LogP contribution < -0.4 is 0 Å². The Morgan fingerprint density at radius 2 is 2.33 bits per heavy atom. The zero-order chi connectivity index (χ0) is 12.7. The van der Waals surface area contributed by atoms with E-state index in [2.05, 4.69) is 14.6 Å². The molecular formula is C10H10ClN5O2. The number of nitrogens with zero attached hydrogens (tertiary/aromatic N) is 5. The molecule has 2 heterocycles. The van der Waals surface area contributed by atoms with Crippen molar-refractivity contribution in [1.82, 2.24) is 19.3 Å². The third kappa shape index (κ3) is 1.97. The van der Waals surface area contributed by atoms with Crippen molar-refractivity contribution in [3.05, 3.63) is 39.6 Å². The van der Waals surface area contributed by atoms with Gasteiger partial charge in [0.15, 0.2) is 5.02 Å². The molecule has 1 saturated carbocycles. The molecule has 0 aromatic carbocycles. The third-order valence-corrected chi connectivity index (χ3v) is 3.15. The summed E-state index contributed by atoms with van der Waals surface area (Å²) in [6, 6.07) is 0.517. The van der Waals surface area contributed by atoms with Gasteiger partial charge in [-0.2, -0.15) is 4.68 Å². The lowest BCUT2D eigenvalue weighted by Gasteiger charge is -2.03. The molecule has 18 heavy (non-hydrogen) atoms. The lowest BCUT2D eigenvalue weighted by molar-refractivity contribution is -0.389. The van der Waals surface area contributed by atoms with Crippen LogP contribution in [0.5, 0.6) is 0 Å². The van der Waals surface area contributed by atoms with Crippen molar-refractivity contribution in [3.63, 3.8) is 0 Å². The SMILES string of the molecule is O=[N+]([O-])c1nn(Cc2cncn2C2CC2)cc1Cl. The fourth-order valence-electron chi connectivity index (χ4n) is 1.89. The van der Waals surface area contributed by atoms with Gasteiger partial charge >= 0.3 is 5.82 Å². The van der Waals surface area contributed by atoms with Gasteiger partial charge in [0.25, 0.3) is 0 Å². The van der Waals surface area contributed by atoms with Crippen LogP contribution in [0.1, 0.15) is 24.6 Å². The molecule has 94 valence electrons. The van der Waals surface area contributed by atoms with E-state index in [0.717, 1.165) is 18.5 Å². The van der Waals surface area contributed by atoms with Gasteiger partial charge in [-0.25, -0.2) is 4.98 Å². The van der Waals surface area contributed by atoms with Gasteiger partial charge in [-0.05, 0) is 17.8 Å². The summed E-state index contributed by atoms with van der Waals surface area (Å²) < 4.78 is 3.55. The van der Waals surface area contributed by atoms with Crippen molar-refractivity contribution >= 4 is 17.4 Å². The maximum Gasteiger partial charge on any atom is 0.408 e. The normalized spacial score (nSPS) is 14.9. The number of aromatic nitrogens is 4. The summed E-state index contributed by atoms with van der Waals surface area (Å²) >= 11 is 5.75. The van der Waals surface area contributed by atoms with Crippen LogP contribution >= 0.6 is 11.6 Å². The molecule has 0 radical (unpaired) electrons. The largest absolute Gasteiger partial charge is 0.408 e. The summed E-state index contributed by atoms with van der Waals surface area (Å²) in [5, 5.41) is 14.6. The monoisotopic (exact) mass is 267 g/mol. The number of nitro groups is 1. The molecule has 8 heteroatoms. The smallest absolute Gasteiger partial charge is 0.358 e. The number of imidazole rings is 1. The summed E-state index contributed by atoms with van der Waals surface area (Å²) in [6.07, 6.45) is 7.31. The highest BCUT2D eigenvalue weighted by molar-refractivity contribution is 6.32. The van der Waals surface area contributed by atoms with E-state index in [1.807, 2.05) is 0 Å². The van der Waals surface area contributed by atoms with Crippen LogP contribution in [0, 0.1) is 10.1 Å². The molecule has 2 aromatic rings. The predicted octanol–water partition coefficient (Wildman–Crippen LogP) is 2.02. The molecule has 0 bridgehead atoms. The standard InChI is InChI=1S/C10H10ClN5O2/c11-9-5-14(13-10(9)16(17)18)4-8-3-12-6-15(8)7-1-2-7/h3,5-7H,1-2,4H2. The first-order chi connectivity index (χ1) is 8.65. The minimum Gasteiger partial charge on any atom is -0.358 e. The van der Waals surface area contributed by atoms with Crippen LogP contribution in [-0.4, -0.2) is 24.3 Å². The number of rotatable bonds is 4. The first-order valence-corrected chi connectivity index (χ1v) is 5.91. The van der Waals surface area contributed by atoms with E-state index in [0.29, 0.717) is 12.6 Å². The summed E-state index contributed by atoms with van der Waals surface area (Å²) in [4.78, 5) is 14.2. The molecular weight excluding hydrogens is 258 g/mol. The second-order valence-corrected chi connectivity index (χ2v) is 4.69. The zero-order valence-electron chi connectivity index (χ0n) is 9.36. The Morgan fingerprint density at radius 1 is 1.56 bits per heavy atom. The molecule has 0 saturated heterocycles. The fraction of sp³-hybridized carbons (Fsp3) is 0.400. The topological polar surface area (TPSA) is 78.8 Å². The molecule has 0 N–H and O–H groups in total. The average molecular weight is 268 g/mol. The number of hydrogen-bond acceptors (Lipinski definition) is 4. The predicted molar refractivity (Wildman–Crippen MR) is 63.5 cm³/mol. The minimum atomic E-state index is -0.586. The van der Waals surface area contributed by atoms with E-state index in [1.165, 1.54) is 10.9 Å². The van der Waals surface area contributed by atoms with Crippen molar-refractivity contribution < 1.29 is 4.92 Å². The van der Waals surface area contributed by atoms with Crippen LogP contribution in [0.25, 0.3) is 0 Å². The highest BCUT2D eigenvalue weighted by Gasteiger charge is 2.26. The van der Waals surface area contributed by atoms with Gasteiger partial charge in [0, 0.05) is 6.04 Å². The van der Waals surface area contributed by atoms with Crippen LogP contribution in [0.2, 0.25) is 5.02 Å². The molecule has 1 aliphatic carbocycles. The number of hydrogen-bond donors (Lipinski definition) is 0. The number of halogens is 1. The molecule has 3 rings (SSSR count). The maximum atomic E-state index is 10.7. The van der Waals surface area contributed by atoms with Crippen molar-refractivity contribution in [3.8, 4) is 0 Å². The second-order valence-electron chi connectivity index (χ2n) is 4.28. The van der Waals surface area contributed by atoms with Gasteiger partial charge in [-0.15, -0.1) is 0 Å². The van der Waals surface area contributed by atoms with E-state index in [-0.39, 0.29) is 10.8 Å². The lowest BCUT2D eigenvalue weighted by Crippen LogP contribution is -2.06. The molecule has 0 spiro atoms. The Bertz CT molecular complexity index is 601. The van der Waals surface area contributed by atoms with Gasteiger partial charge in [-0.3, -0.25) is 0 Å². The molecule has 0 aliphatic heterocycles. The first-order valence-electron chi connectivity index (χ1n) is 5.53. The van der Waals surface area contributed by atoms with Gasteiger partial charge in [0.05, 0.1) is 29.5 Å². The van der Waals surface area contributed by atoms with Crippen molar-refractivity contribution in [2.45, 2.75) is 25.4 Å². The Kier molecular flexibility index (Phi) is 2.55. The van der Waals surface area contributed by atoms with Crippen molar-refractivity contribution in [2.75, 3.05) is 0 Å². The van der Waals surface area contributed by atoms with Crippen LogP contribution in [-0.2, 0) is 6.54 Å². The molecule has 0 unspecified atom stereocenters. The van der Waals surface area contributed by atoms with Crippen LogP contribution in [0.3, 0.4) is 0 Å². The van der Waals surface area contributed by atoms with Crippen LogP contribution in [0.15, 0.2) is 18.7 Å². The summed E-state index contributed by atoms with van der Waals surface area (Å²) in [5.74, 6) is -0.311. The second kappa shape index (κ2) is 4.09. The van der Waals surface area contributed by atoms with Gasteiger partial charge < -0.3 is 14.7 Å². The fourth-order valence-corrected chi connectivity index (χ4v) is 2.11. The van der Waals surface area contributed by atoms with Gasteiger partial charge in [0.2, 0.25) is 0 Å². The Morgan fingerprint density at radius 3 is 2.94 bits per heavy atom. The first kappa shape index (κ1) is 11.2. The van der Waals surface area contributed by atoms with E-state index in [4.69, 9.17) is 11.6 Å². The summed E-state index contributed by atoms with van der Waals surface area (Å²) in [5.41, 5.74) is 0.978. The molecule has 7 nitrogen and oxygen atoms in total. The highest BCUT2D eigenvalue weighted by atomic mass is 35.5. The average Bonchev–Trinajstić information content (AvgIpc) is 2.95. The maximum absolute atomic E-state index is 10.7. The Hall–Kier alpha value is -1.89. The summed E-state index contributed by atoms with van der Waals surface area (Å²) in [6.45, 7) is 0.435. The quantitative estimate of drug-likeness (QED) is 0.627. The van der Waals surface area contributed by atoms with Crippen molar-refractivity contribution in [2.24, 2.45) is 0 Å². The Labute approximate surface area is 107 Å². The van der Waals surface area contributed by atoms with Crippen molar-refractivity contribution in [1.29, 1.82) is 0 Å². The van der Waals surface area contributed by atoms with Crippen LogP contribution in [0.4, 0.5) is 5.82 Å². The van der Waals surface area contributed by atoms with E-state index >= 15 is 0 Å². The highest BCUT2D eigenvalue weighted by Crippen LogP contribution is 2.35. The zero-order valence-corrected chi connectivity index (χ0v) is 10.1. The Balaban J connectivity index is 1.85. The summed E-state index contributed by atoms with van der Waals surface area (Å²) in [7, 11) is 0. The minimum absolute atomic E-state index is 0.0532. The van der Waals surface area contributed by atoms with Gasteiger partial charge in [0.1, 0.15) is 6.54 Å². The lowest BCUT2D eigenvalue weighted by atomic mass is 10.4.